The van der Waals surface area contributed by atoms with E-state index in [4.69, 9.17) is 4.74 Å². The summed E-state index contributed by atoms with van der Waals surface area (Å²) in [6.45, 7) is 4.22. The second-order valence-corrected chi connectivity index (χ2v) is 7.89. The summed E-state index contributed by atoms with van der Waals surface area (Å²) in [5.74, 6) is 1.19. The van der Waals surface area contributed by atoms with Crippen LogP contribution in [-0.4, -0.2) is 39.6 Å². The summed E-state index contributed by atoms with van der Waals surface area (Å²) >= 11 is 0. The molecule has 1 aliphatic carbocycles. The van der Waals surface area contributed by atoms with Gasteiger partial charge in [0.1, 0.15) is 5.75 Å². The Balaban J connectivity index is 1.89. The number of sulfonamides is 1. The van der Waals surface area contributed by atoms with Crippen LogP contribution >= 0.6 is 0 Å². The van der Waals surface area contributed by atoms with Crippen molar-refractivity contribution in [3.8, 4) is 5.75 Å². The lowest BCUT2D eigenvalue weighted by Crippen LogP contribution is -2.32. The summed E-state index contributed by atoms with van der Waals surface area (Å²) in [7, 11) is -1.93. The SMILES string of the molecule is COc1ccc(S(=O)(=O)N2C[C@@H]3C(CF)[C@@H]3C2)c(C)c1C. The summed E-state index contributed by atoms with van der Waals surface area (Å²) in [5.41, 5.74) is 1.56. The molecule has 4 nitrogen and oxygen atoms in total. The predicted molar refractivity (Wildman–Crippen MR) is 77.7 cm³/mol. The number of nitrogens with zero attached hydrogens (tertiary/aromatic N) is 1. The highest BCUT2D eigenvalue weighted by atomic mass is 32.2. The lowest BCUT2D eigenvalue weighted by molar-refractivity contribution is 0.360. The minimum atomic E-state index is -3.50. The number of piperidine rings is 1. The quantitative estimate of drug-likeness (QED) is 0.855. The van der Waals surface area contributed by atoms with Crippen LogP contribution in [0.15, 0.2) is 17.0 Å². The van der Waals surface area contributed by atoms with Gasteiger partial charge in [0, 0.05) is 13.1 Å². The van der Waals surface area contributed by atoms with Gasteiger partial charge in [-0.25, -0.2) is 8.42 Å². The van der Waals surface area contributed by atoms with Crippen molar-refractivity contribution in [2.24, 2.45) is 17.8 Å². The summed E-state index contributed by atoms with van der Waals surface area (Å²) in [4.78, 5) is 0.332. The van der Waals surface area contributed by atoms with Crippen molar-refractivity contribution >= 4 is 10.0 Å². The number of rotatable bonds is 4. The lowest BCUT2D eigenvalue weighted by atomic mass is 10.1. The zero-order valence-corrected chi connectivity index (χ0v) is 13.3. The number of halogens is 1. The van der Waals surface area contributed by atoms with E-state index in [2.05, 4.69) is 0 Å². The fourth-order valence-electron chi connectivity index (χ4n) is 3.45. The fraction of sp³-hybridized carbons (Fsp3) is 0.600. The maximum atomic E-state index is 12.8. The van der Waals surface area contributed by atoms with Crippen molar-refractivity contribution in [2.45, 2.75) is 18.7 Å². The van der Waals surface area contributed by atoms with E-state index < -0.39 is 10.0 Å². The zero-order valence-electron chi connectivity index (χ0n) is 12.5. The van der Waals surface area contributed by atoms with Crippen LogP contribution in [0.1, 0.15) is 11.1 Å². The minimum absolute atomic E-state index is 0.0788. The molecule has 0 spiro atoms. The Bertz CT molecular complexity index is 662. The van der Waals surface area contributed by atoms with Crippen molar-refractivity contribution in [3.63, 3.8) is 0 Å². The lowest BCUT2D eigenvalue weighted by Gasteiger charge is -2.21. The molecule has 2 fully saturated rings. The standard InChI is InChI=1S/C15H20FNO3S/c1-9-10(2)15(5-4-14(9)20-3)21(18,19)17-7-12-11(6-16)13(12)8-17/h4-5,11-13H,6-8H2,1-3H3/t11?,12-,13+. The molecule has 6 heteroatoms. The van der Waals surface area contributed by atoms with Crippen molar-refractivity contribution < 1.29 is 17.5 Å². The molecule has 0 radical (unpaired) electrons. The van der Waals surface area contributed by atoms with Gasteiger partial charge in [-0.3, -0.25) is 4.39 Å². The van der Waals surface area contributed by atoms with E-state index in [-0.39, 0.29) is 24.4 Å². The summed E-state index contributed by atoms with van der Waals surface area (Å²) in [6.07, 6.45) is 0. The average molecular weight is 313 g/mol. The number of methoxy groups -OCH3 is 1. The number of fused-ring (bicyclic) bond motifs is 1. The van der Waals surface area contributed by atoms with Crippen LogP contribution in [0.3, 0.4) is 0 Å². The van der Waals surface area contributed by atoms with Gasteiger partial charge in [0.15, 0.2) is 0 Å². The maximum Gasteiger partial charge on any atom is 0.243 e. The molecule has 1 unspecified atom stereocenters. The highest BCUT2D eigenvalue weighted by Crippen LogP contribution is 2.53. The molecule has 1 heterocycles. The van der Waals surface area contributed by atoms with Crippen LogP contribution in [-0.2, 0) is 10.0 Å². The topological polar surface area (TPSA) is 46.6 Å². The Kier molecular flexibility index (Phi) is 3.48. The molecule has 1 aliphatic heterocycles. The van der Waals surface area contributed by atoms with Gasteiger partial charge in [-0.15, -0.1) is 0 Å². The van der Waals surface area contributed by atoms with Gasteiger partial charge in [0.25, 0.3) is 0 Å². The zero-order chi connectivity index (χ0) is 15.4. The first-order valence-electron chi connectivity index (χ1n) is 7.12. The summed E-state index contributed by atoms with van der Waals surface area (Å²) < 4.78 is 44.9. The van der Waals surface area contributed by atoms with Crippen molar-refractivity contribution in [2.75, 3.05) is 26.9 Å². The monoisotopic (exact) mass is 313 g/mol. The Morgan fingerprint density at radius 1 is 1.24 bits per heavy atom. The van der Waals surface area contributed by atoms with E-state index >= 15 is 0 Å². The third kappa shape index (κ3) is 2.16. The largest absolute Gasteiger partial charge is 0.496 e. The van der Waals surface area contributed by atoms with E-state index in [1.165, 1.54) is 4.31 Å². The molecule has 0 aromatic heterocycles. The number of benzene rings is 1. The molecule has 1 aromatic carbocycles. The van der Waals surface area contributed by atoms with Gasteiger partial charge in [0.05, 0.1) is 18.7 Å². The van der Waals surface area contributed by atoms with E-state index in [9.17, 15) is 12.8 Å². The second kappa shape index (κ2) is 4.95. The fourth-order valence-corrected chi connectivity index (χ4v) is 5.24. The molecule has 1 aromatic rings. The van der Waals surface area contributed by atoms with Crippen LogP contribution in [0.25, 0.3) is 0 Å². The smallest absolute Gasteiger partial charge is 0.243 e. The van der Waals surface area contributed by atoms with Gasteiger partial charge in [0.2, 0.25) is 10.0 Å². The van der Waals surface area contributed by atoms with Gasteiger partial charge in [-0.2, -0.15) is 4.31 Å². The first-order chi connectivity index (χ1) is 9.91. The van der Waals surface area contributed by atoms with Gasteiger partial charge in [-0.1, -0.05) is 0 Å². The van der Waals surface area contributed by atoms with Crippen molar-refractivity contribution in [1.82, 2.24) is 4.31 Å². The number of hydrogen-bond donors (Lipinski definition) is 0. The van der Waals surface area contributed by atoms with Crippen molar-refractivity contribution in [3.05, 3.63) is 23.3 Å². The van der Waals surface area contributed by atoms with Crippen LogP contribution in [0, 0.1) is 31.6 Å². The molecule has 3 rings (SSSR count). The number of alkyl halides is 1. The molecule has 2 aliphatic rings. The van der Waals surface area contributed by atoms with E-state index in [0.717, 1.165) is 11.1 Å². The molecule has 116 valence electrons. The summed E-state index contributed by atoms with van der Waals surface area (Å²) in [6, 6.07) is 3.30. The van der Waals surface area contributed by atoms with Crippen LogP contribution in [0.5, 0.6) is 5.75 Å². The molecule has 21 heavy (non-hydrogen) atoms. The van der Waals surface area contributed by atoms with E-state index in [1.54, 1.807) is 26.2 Å². The first-order valence-corrected chi connectivity index (χ1v) is 8.56. The van der Waals surface area contributed by atoms with Gasteiger partial charge < -0.3 is 4.74 Å². The Hall–Kier alpha value is -1.14. The van der Waals surface area contributed by atoms with Gasteiger partial charge >= 0.3 is 0 Å². The molecule has 0 bridgehead atoms. The second-order valence-electron chi connectivity index (χ2n) is 5.98. The van der Waals surface area contributed by atoms with Crippen molar-refractivity contribution in [1.29, 1.82) is 0 Å². The number of ether oxygens (including phenoxy) is 1. The molecule has 1 saturated heterocycles. The Morgan fingerprint density at radius 2 is 1.86 bits per heavy atom. The van der Waals surface area contributed by atoms with E-state index in [1.807, 2.05) is 6.92 Å². The molecule has 1 saturated carbocycles. The van der Waals surface area contributed by atoms with Crippen LogP contribution < -0.4 is 4.74 Å². The van der Waals surface area contributed by atoms with E-state index in [0.29, 0.717) is 23.7 Å². The molecule has 0 amide bonds. The third-order valence-electron chi connectivity index (χ3n) is 5.04. The molecule has 0 N–H and O–H groups in total. The first kappa shape index (κ1) is 14.8. The highest BCUT2D eigenvalue weighted by molar-refractivity contribution is 7.89. The molecule has 3 atom stereocenters. The molecular formula is C15H20FNO3S. The normalized spacial score (nSPS) is 28.5. The summed E-state index contributed by atoms with van der Waals surface area (Å²) in [5, 5.41) is 0. The number of hydrogen-bond acceptors (Lipinski definition) is 3. The Morgan fingerprint density at radius 3 is 2.38 bits per heavy atom. The predicted octanol–water partition coefficient (Wildman–Crippen LogP) is 2.15. The van der Waals surface area contributed by atoms with Gasteiger partial charge in [-0.05, 0) is 54.9 Å². The van der Waals surface area contributed by atoms with Crippen LogP contribution in [0.2, 0.25) is 0 Å². The maximum absolute atomic E-state index is 12.8. The van der Waals surface area contributed by atoms with Crippen LogP contribution in [0.4, 0.5) is 4.39 Å². The average Bonchev–Trinajstić information content (AvgIpc) is 2.92. The Labute approximate surface area is 125 Å². The molecular weight excluding hydrogens is 293 g/mol. The minimum Gasteiger partial charge on any atom is -0.496 e. The third-order valence-corrected chi connectivity index (χ3v) is 7.02. The highest BCUT2D eigenvalue weighted by Gasteiger charge is 2.57.